The Labute approximate surface area is 193 Å². The summed E-state index contributed by atoms with van der Waals surface area (Å²) in [6, 6.07) is 2.84. The minimum absolute atomic E-state index is 0.00731. The third-order valence-electron chi connectivity index (χ3n) is 6.37. The minimum atomic E-state index is -1.87. The fourth-order valence-electron chi connectivity index (χ4n) is 4.01. The van der Waals surface area contributed by atoms with Gasteiger partial charge in [0.1, 0.15) is 14.0 Å². The highest BCUT2D eigenvalue weighted by Crippen LogP contribution is 2.29. The van der Waals surface area contributed by atoms with Crippen molar-refractivity contribution in [3.8, 4) is 11.5 Å². The molecule has 0 amide bonds. The minimum Gasteiger partial charge on any atom is -0.469 e. The van der Waals surface area contributed by atoms with Crippen molar-refractivity contribution in [2.75, 3.05) is 13.7 Å². The van der Waals surface area contributed by atoms with E-state index in [-0.39, 0.29) is 23.5 Å². The number of carbonyl (C=O) groups excluding carboxylic acids is 1. The van der Waals surface area contributed by atoms with Crippen molar-refractivity contribution in [1.82, 2.24) is 5.32 Å². The molecule has 0 aliphatic heterocycles. The Morgan fingerprint density at radius 1 is 1.16 bits per heavy atom. The number of nitrogens with one attached hydrogen (secondary N) is 1. The van der Waals surface area contributed by atoms with Crippen molar-refractivity contribution in [1.29, 1.82) is 0 Å². The standard InChI is InChI=1S/C25H45NO3Si2/c1-10-31(11-2,12-3)29-21(4)23(24(27)28-6)22(16-19-30(7,8)9)26-20-25(5)17-14-13-15-18-25/h13-15,17,21-23,26H,10-12,18,20H2,1-9H3/t21-,22+,23-,25-/m1/s1. The Hall–Kier alpha value is -1.14. The number of esters is 1. The molecule has 0 spiro atoms. The van der Waals surface area contributed by atoms with Crippen molar-refractivity contribution in [3.05, 3.63) is 24.3 Å². The van der Waals surface area contributed by atoms with Crippen molar-refractivity contribution in [2.24, 2.45) is 11.3 Å². The lowest BCUT2D eigenvalue weighted by Crippen LogP contribution is -2.51. The first kappa shape index (κ1) is 27.9. The van der Waals surface area contributed by atoms with Crippen LogP contribution in [0.1, 0.15) is 41.0 Å². The van der Waals surface area contributed by atoms with Crippen LogP contribution in [-0.4, -0.2) is 48.2 Å². The number of allylic oxidation sites excluding steroid dienone is 3. The van der Waals surface area contributed by atoms with Crippen LogP contribution in [0.2, 0.25) is 37.8 Å². The van der Waals surface area contributed by atoms with E-state index < -0.39 is 22.3 Å². The van der Waals surface area contributed by atoms with Gasteiger partial charge in [0, 0.05) is 12.0 Å². The van der Waals surface area contributed by atoms with Crippen LogP contribution in [0, 0.1) is 22.8 Å². The maximum absolute atomic E-state index is 13.0. The van der Waals surface area contributed by atoms with Gasteiger partial charge in [0.15, 0.2) is 8.32 Å². The van der Waals surface area contributed by atoms with Gasteiger partial charge in [0.05, 0.1) is 19.3 Å². The smallest absolute Gasteiger partial charge is 0.313 e. The van der Waals surface area contributed by atoms with Crippen LogP contribution >= 0.6 is 0 Å². The van der Waals surface area contributed by atoms with Crippen LogP contribution in [0.3, 0.4) is 0 Å². The quantitative estimate of drug-likeness (QED) is 0.248. The number of hydrogen-bond acceptors (Lipinski definition) is 4. The zero-order valence-corrected chi connectivity index (χ0v) is 23.3. The predicted octanol–water partition coefficient (Wildman–Crippen LogP) is 5.55. The topological polar surface area (TPSA) is 47.6 Å². The average Bonchev–Trinajstić information content (AvgIpc) is 2.73. The van der Waals surface area contributed by atoms with Gasteiger partial charge < -0.3 is 14.5 Å². The molecule has 0 unspecified atom stereocenters. The third kappa shape index (κ3) is 8.72. The first-order chi connectivity index (χ1) is 14.4. The highest BCUT2D eigenvalue weighted by atomic mass is 28.4. The molecule has 0 aromatic rings. The lowest BCUT2D eigenvalue weighted by Gasteiger charge is -2.37. The molecule has 4 atom stereocenters. The van der Waals surface area contributed by atoms with Crippen molar-refractivity contribution >= 4 is 22.4 Å². The number of hydrogen-bond donors (Lipinski definition) is 1. The molecule has 4 nitrogen and oxygen atoms in total. The van der Waals surface area contributed by atoms with Crippen LogP contribution in [0.4, 0.5) is 0 Å². The summed E-state index contributed by atoms with van der Waals surface area (Å²) in [5.74, 6) is 2.74. The molecule has 6 heteroatoms. The Morgan fingerprint density at radius 3 is 2.23 bits per heavy atom. The van der Waals surface area contributed by atoms with Gasteiger partial charge >= 0.3 is 5.97 Å². The Kier molecular flexibility index (Phi) is 11.0. The second kappa shape index (κ2) is 12.2. The maximum atomic E-state index is 13.0. The molecule has 1 rings (SSSR count). The van der Waals surface area contributed by atoms with Gasteiger partial charge in [-0.2, -0.15) is 0 Å². The third-order valence-corrected chi connectivity index (χ3v) is 12.0. The van der Waals surface area contributed by atoms with Crippen LogP contribution < -0.4 is 5.32 Å². The van der Waals surface area contributed by atoms with E-state index in [9.17, 15) is 4.79 Å². The van der Waals surface area contributed by atoms with Gasteiger partial charge in [-0.1, -0.05) is 77.6 Å². The molecule has 0 radical (unpaired) electrons. The van der Waals surface area contributed by atoms with Crippen molar-refractivity contribution in [3.63, 3.8) is 0 Å². The summed E-state index contributed by atoms with van der Waals surface area (Å²) in [7, 11) is -2.02. The monoisotopic (exact) mass is 463 g/mol. The Morgan fingerprint density at radius 2 is 1.77 bits per heavy atom. The fourth-order valence-corrected chi connectivity index (χ4v) is 7.53. The molecule has 0 saturated carbocycles. The molecule has 1 aliphatic rings. The molecule has 1 N–H and O–H groups in total. The molecule has 0 fully saturated rings. The molecule has 0 saturated heterocycles. The number of rotatable bonds is 11. The van der Waals surface area contributed by atoms with E-state index in [4.69, 9.17) is 9.16 Å². The molecule has 0 heterocycles. The van der Waals surface area contributed by atoms with Crippen molar-refractivity contribution < 1.29 is 14.0 Å². The first-order valence-electron chi connectivity index (χ1n) is 11.8. The van der Waals surface area contributed by atoms with E-state index in [2.05, 4.69) is 88.4 Å². The van der Waals surface area contributed by atoms with E-state index in [0.29, 0.717) is 0 Å². The first-order valence-corrected chi connectivity index (χ1v) is 17.8. The molecule has 0 aromatic heterocycles. The van der Waals surface area contributed by atoms with E-state index in [1.54, 1.807) is 0 Å². The summed E-state index contributed by atoms with van der Waals surface area (Å²) in [5.41, 5.74) is 3.49. The number of ether oxygens (including phenoxy) is 1. The summed E-state index contributed by atoms with van der Waals surface area (Å²) in [4.78, 5) is 13.0. The molecule has 176 valence electrons. The summed E-state index contributed by atoms with van der Waals surface area (Å²) < 4.78 is 12.0. The van der Waals surface area contributed by atoms with Crippen LogP contribution in [0.25, 0.3) is 0 Å². The highest BCUT2D eigenvalue weighted by molar-refractivity contribution is 6.83. The number of carbonyl (C=O) groups is 1. The van der Waals surface area contributed by atoms with Crippen molar-refractivity contribution in [2.45, 2.75) is 91.0 Å². The Balaban J connectivity index is 3.24. The largest absolute Gasteiger partial charge is 0.469 e. The zero-order chi connectivity index (χ0) is 23.7. The summed E-state index contributed by atoms with van der Waals surface area (Å²) >= 11 is 0. The van der Waals surface area contributed by atoms with Gasteiger partial charge in [-0.05, 0) is 31.5 Å². The normalized spacial score (nSPS) is 21.7. The van der Waals surface area contributed by atoms with E-state index in [1.165, 1.54) is 7.11 Å². The fraction of sp³-hybridized carbons (Fsp3) is 0.720. The molecule has 0 aromatic carbocycles. The predicted molar refractivity (Wildman–Crippen MR) is 137 cm³/mol. The summed E-state index contributed by atoms with van der Waals surface area (Å²) in [6.07, 6.45) is 9.33. The molecule has 31 heavy (non-hydrogen) atoms. The van der Waals surface area contributed by atoms with Gasteiger partial charge in [-0.15, -0.1) is 5.54 Å². The second-order valence-electron chi connectivity index (χ2n) is 10.1. The number of methoxy groups -OCH3 is 1. The van der Waals surface area contributed by atoms with E-state index in [0.717, 1.165) is 31.1 Å². The highest BCUT2D eigenvalue weighted by Gasteiger charge is 2.40. The molecule has 1 aliphatic carbocycles. The molecular formula is C25H45NO3Si2. The van der Waals surface area contributed by atoms with Gasteiger partial charge in [0.25, 0.3) is 0 Å². The average molecular weight is 464 g/mol. The summed E-state index contributed by atoms with van der Waals surface area (Å²) in [6.45, 7) is 18.3. The second-order valence-corrected chi connectivity index (χ2v) is 19.6. The lowest BCUT2D eigenvalue weighted by molar-refractivity contribution is -0.149. The van der Waals surface area contributed by atoms with Crippen LogP contribution in [0.15, 0.2) is 24.3 Å². The maximum Gasteiger partial charge on any atom is 0.313 e. The Bertz CT molecular complexity index is 690. The lowest BCUT2D eigenvalue weighted by atomic mass is 9.83. The summed E-state index contributed by atoms with van der Waals surface area (Å²) in [5, 5.41) is 3.64. The van der Waals surface area contributed by atoms with E-state index in [1.807, 2.05) is 6.92 Å². The van der Waals surface area contributed by atoms with E-state index >= 15 is 0 Å². The van der Waals surface area contributed by atoms with Gasteiger partial charge in [0.2, 0.25) is 0 Å². The van der Waals surface area contributed by atoms with Crippen LogP contribution in [0.5, 0.6) is 0 Å². The zero-order valence-electron chi connectivity index (χ0n) is 21.3. The van der Waals surface area contributed by atoms with Gasteiger partial charge in [-0.3, -0.25) is 4.79 Å². The van der Waals surface area contributed by atoms with Gasteiger partial charge in [-0.25, -0.2) is 0 Å². The SMILES string of the molecule is CC[Si](CC)(CC)O[C@H](C)[C@@H](C(=O)OC)[C@H](C#C[Si](C)(C)C)NC[C@]1(C)C=CC=CC1. The van der Waals surface area contributed by atoms with Crippen LogP contribution in [-0.2, 0) is 14.0 Å². The molecule has 0 bridgehead atoms. The molecular weight excluding hydrogens is 418 g/mol.